The average Bonchev–Trinajstić information content (AvgIpc) is 2.22. The van der Waals surface area contributed by atoms with E-state index in [-0.39, 0.29) is 29.7 Å². The van der Waals surface area contributed by atoms with Gasteiger partial charge in [-0.2, -0.15) is 0 Å². The number of Topliss-reactive ketones (excluding diaryl/α,β-unsaturated/α-hetero) is 1. The van der Waals surface area contributed by atoms with Gasteiger partial charge in [-0.25, -0.2) is 0 Å². The van der Waals surface area contributed by atoms with Crippen LogP contribution in [-0.4, -0.2) is 17.7 Å². The zero-order valence-corrected chi connectivity index (χ0v) is 10.3. The molecule has 1 aromatic rings. The first-order chi connectivity index (χ1) is 7.99. The second kappa shape index (κ2) is 4.55. The van der Waals surface area contributed by atoms with Gasteiger partial charge in [0.25, 0.3) is 0 Å². The topological polar surface area (TPSA) is 72.2 Å². The third-order valence-corrected chi connectivity index (χ3v) is 3.42. The molecule has 0 fully saturated rings. The Morgan fingerprint density at radius 1 is 1.47 bits per heavy atom. The maximum absolute atomic E-state index is 11.9. The largest absolute Gasteiger partial charge is 0.381 e. The molecule has 1 aliphatic heterocycles. The van der Waals surface area contributed by atoms with E-state index in [2.05, 4.69) is 5.32 Å². The number of carbonyl (C=O) groups is 2. The summed E-state index contributed by atoms with van der Waals surface area (Å²) in [5, 5.41) is 3.65. The second-order valence-electron chi connectivity index (χ2n) is 3.92. The van der Waals surface area contributed by atoms with Crippen molar-refractivity contribution in [2.24, 2.45) is 5.73 Å². The minimum Gasteiger partial charge on any atom is -0.381 e. The standard InChI is InChI=1S/C11H10Cl2N2O2/c12-6-1-2-7-10(11(6)13)8(16)3-5(15-7)4-9(14)17/h1-2,5,15H,3-4H2,(H2,14,17). The van der Waals surface area contributed by atoms with Crippen molar-refractivity contribution in [3.05, 3.63) is 27.7 Å². The highest BCUT2D eigenvalue weighted by atomic mass is 35.5. The molecular weight excluding hydrogens is 263 g/mol. The monoisotopic (exact) mass is 272 g/mol. The van der Waals surface area contributed by atoms with Gasteiger partial charge in [0.1, 0.15) is 0 Å². The fraction of sp³-hybridized carbons (Fsp3) is 0.273. The molecule has 1 atom stereocenters. The fourth-order valence-electron chi connectivity index (χ4n) is 1.91. The highest BCUT2D eigenvalue weighted by Crippen LogP contribution is 2.36. The normalized spacial score (nSPS) is 18.5. The number of nitrogens with two attached hydrogens (primary N) is 1. The van der Waals surface area contributed by atoms with Crippen molar-refractivity contribution >= 4 is 40.6 Å². The summed E-state index contributed by atoms with van der Waals surface area (Å²) in [6.45, 7) is 0. The van der Waals surface area contributed by atoms with Gasteiger partial charge in [-0.15, -0.1) is 0 Å². The summed E-state index contributed by atoms with van der Waals surface area (Å²) in [7, 11) is 0. The highest BCUT2D eigenvalue weighted by Gasteiger charge is 2.28. The van der Waals surface area contributed by atoms with Crippen molar-refractivity contribution in [2.75, 3.05) is 5.32 Å². The van der Waals surface area contributed by atoms with Crippen LogP contribution < -0.4 is 11.1 Å². The Morgan fingerprint density at radius 3 is 2.82 bits per heavy atom. The van der Waals surface area contributed by atoms with Gasteiger partial charge < -0.3 is 11.1 Å². The van der Waals surface area contributed by atoms with Crippen molar-refractivity contribution in [1.29, 1.82) is 0 Å². The summed E-state index contributed by atoms with van der Waals surface area (Å²) in [5.41, 5.74) is 6.09. The van der Waals surface area contributed by atoms with Crippen molar-refractivity contribution in [3.8, 4) is 0 Å². The zero-order valence-electron chi connectivity index (χ0n) is 8.80. The van der Waals surface area contributed by atoms with Gasteiger partial charge in [0.15, 0.2) is 5.78 Å². The van der Waals surface area contributed by atoms with E-state index in [1.165, 1.54) is 0 Å². The first-order valence-electron chi connectivity index (χ1n) is 5.05. The predicted octanol–water partition coefficient (Wildman–Crippen LogP) is 2.24. The van der Waals surface area contributed by atoms with Gasteiger partial charge >= 0.3 is 0 Å². The predicted molar refractivity (Wildman–Crippen MR) is 66.6 cm³/mol. The molecule has 0 radical (unpaired) electrons. The number of fused-ring (bicyclic) bond motifs is 1. The number of benzene rings is 1. The molecule has 1 aliphatic rings. The van der Waals surface area contributed by atoms with Crippen LogP contribution in [-0.2, 0) is 4.79 Å². The number of rotatable bonds is 2. The minimum atomic E-state index is -0.446. The van der Waals surface area contributed by atoms with Crippen LogP contribution in [0.2, 0.25) is 10.0 Å². The van der Waals surface area contributed by atoms with E-state index in [1.807, 2.05) is 0 Å². The first-order valence-corrected chi connectivity index (χ1v) is 5.80. The number of nitrogens with one attached hydrogen (secondary N) is 1. The lowest BCUT2D eigenvalue weighted by Gasteiger charge is -2.26. The summed E-state index contributed by atoms with van der Waals surface area (Å²) < 4.78 is 0. The van der Waals surface area contributed by atoms with E-state index in [0.29, 0.717) is 16.3 Å². The van der Waals surface area contributed by atoms with Gasteiger partial charge in [0, 0.05) is 24.6 Å². The zero-order chi connectivity index (χ0) is 12.6. The number of halogens is 2. The molecule has 0 saturated heterocycles. The lowest BCUT2D eigenvalue weighted by atomic mass is 9.95. The van der Waals surface area contributed by atoms with E-state index in [4.69, 9.17) is 28.9 Å². The molecule has 1 heterocycles. The van der Waals surface area contributed by atoms with Crippen molar-refractivity contribution < 1.29 is 9.59 Å². The van der Waals surface area contributed by atoms with E-state index in [1.54, 1.807) is 12.1 Å². The smallest absolute Gasteiger partial charge is 0.219 e. The minimum absolute atomic E-state index is 0.116. The average molecular weight is 273 g/mol. The van der Waals surface area contributed by atoms with Crippen molar-refractivity contribution in [2.45, 2.75) is 18.9 Å². The molecule has 0 saturated carbocycles. The van der Waals surface area contributed by atoms with E-state index in [9.17, 15) is 9.59 Å². The highest BCUT2D eigenvalue weighted by molar-refractivity contribution is 6.44. The van der Waals surface area contributed by atoms with Crippen LogP contribution in [0.3, 0.4) is 0 Å². The molecule has 1 unspecified atom stereocenters. The SMILES string of the molecule is NC(=O)CC1CC(=O)c2c(ccc(Cl)c2Cl)N1. The number of carbonyl (C=O) groups excluding carboxylic acids is 2. The molecule has 2 rings (SSSR count). The molecule has 3 N–H and O–H groups in total. The van der Waals surface area contributed by atoms with Crippen LogP contribution in [0.15, 0.2) is 12.1 Å². The van der Waals surface area contributed by atoms with E-state index < -0.39 is 5.91 Å². The number of anilines is 1. The molecule has 0 bridgehead atoms. The van der Waals surface area contributed by atoms with Crippen LogP contribution in [0.1, 0.15) is 23.2 Å². The molecule has 1 amide bonds. The summed E-state index contributed by atoms with van der Waals surface area (Å²) in [6, 6.07) is 3.01. The molecule has 90 valence electrons. The maximum atomic E-state index is 11.9. The van der Waals surface area contributed by atoms with Crippen molar-refractivity contribution in [3.63, 3.8) is 0 Å². The molecule has 1 aromatic carbocycles. The van der Waals surface area contributed by atoms with E-state index >= 15 is 0 Å². The molecule has 0 spiro atoms. The Bertz CT molecular complexity index is 502. The van der Waals surface area contributed by atoms with Crippen LogP contribution in [0.25, 0.3) is 0 Å². The van der Waals surface area contributed by atoms with E-state index in [0.717, 1.165) is 0 Å². The molecule has 4 nitrogen and oxygen atoms in total. The fourth-order valence-corrected chi connectivity index (χ4v) is 2.33. The molecule has 6 heteroatoms. The Hall–Kier alpha value is -1.26. The van der Waals surface area contributed by atoms with Crippen LogP contribution in [0, 0.1) is 0 Å². The van der Waals surface area contributed by atoms with Gasteiger partial charge in [-0.05, 0) is 12.1 Å². The lowest BCUT2D eigenvalue weighted by Crippen LogP contribution is -2.33. The molecule has 0 aromatic heterocycles. The number of ketones is 1. The summed E-state index contributed by atoms with van der Waals surface area (Å²) >= 11 is 11.8. The number of primary amides is 1. The van der Waals surface area contributed by atoms with Gasteiger partial charge in [-0.1, -0.05) is 23.2 Å². The van der Waals surface area contributed by atoms with Crippen molar-refractivity contribution in [1.82, 2.24) is 0 Å². The third kappa shape index (κ3) is 2.37. The quantitative estimate of drug-likeness (QED) is 0.867. The molecular formula is C11H10Cl2N2O2. The lowest BCUT2D eigenvalue weighted by molar-refractivity contribution is -0.118. The Balaban J connectivity index is 2.35. The summed E-state index contributed by atoms with van der Waals surface area (Å²) in [4.78, 5) is 22.7. The Labute approximate surface area is 108 Å². The van der Waals surface area contributed by atoms with Crippen LogP contribution >= 0.6 is 23.2 Å². The van der Waals surface area contributed by atoms with Gasteiger partial charge in [-0.3, -0.25) is 9.59 Å². The van der Waals surface area contributed by atoms with Gasteiger partial charge in [0.2, 0.25) is 5.91 Å². The molecule has 0 aliphatic carbocycles. The molecule has 17 heavy (non-hydrogen) atoms. The van der Waals surface area contributed by atoms with Gasteiger partial charge in [0.05, 0.1) is 15.6 Å². The first kappa shape index (κ1) is 12.2. The van der Waals surface area contributed by atoms with Crippen LogP contribution in [0.5, 0.6) is 0 Å². The maximum Gasteiger partial charge on any atom is 0.219 e. The number of hydrogen-bond acceptors (Lipinski definition) is 3. The Morgan fingerprint density at radius 2 is 2.18 bits per heavy atom. The third-order valence-electron chi connectivity index (χ3n) is 2.61. The summed E-state index contributed by atoms with van der Waals surface area (Å²) in [6.07, 6.45) is 0.307. The Kier molecular flexibility index (Phi) is 3.26. The number of amides is 1. The van der Waals surface area contributed by atoms with Crippen LogP contribution in [0.4, 0.5) is 5.69 Å². The summed E-state index contributed by atoms with van der Waals surface area (Å²) in [5.74, 6) is -0.573. The number of hydrogen-bond donors (Lipinski definition) is 2. The second-order valence-corrected chi connectivity index (χ2v) is 4.71.